The molecule has 0 aliphatic heterocycles. The van der Waals surface area contributed by atoms with Crippen molar-refractivity contribution in [2.45, 2.75) is 83.7 Å². The topological polar surface area (TPSA) is 57.5 Å². The van der Waals surface area contributed by atoms with E-state index >= 15 is 0 Å². The molecule has 0 aliphatic rings. The lowest BCUT2D eigenvalue weighted by Gasteiger charge is -2.16. The molecule has 0 aromatic heterocycles. The quantitative estimate of drug-likeness (QED) is 0.343. The third-order valence-electron chi connectivity index (χ3n) is 4.57. The van der Waals surface area contributed by atoms with Gasteiger partial charge in [-0.25, -0.2) is 4.79 Å². The van der Waals surface area contributed by atoms with Crippen molar-refractivity contribution in [2.24, 2.45) is 0 Å². The molecular formula is C22H34O3. The van der Waals surface area contributed by atoms with Crippen LogP contribution in [0.1, 0.15) is 93.5 Å². The molecular weight excluding hydrogens is 312 g/mol. The second kappa shape index (κ2) is 12.7. The lowest BCUT2D eigenvalue weighted by molar-refractivity contribution is 0.0695. The zero-order valence-corrected chi connectivity index (χ0v) is 15.8. The normalized spacial score (nSPS) is 13.9. The van der Waals surface area contributed by atoms with Gasteiger partial charge >= 0.3 is 5.97 Å². The Labute approximate surface area is 152 Å². The van der Waals surface area contributed by atoms with E-state index in [-0.39, 0.29) is 12.0 Å². The number of carbonyl (C=O) groups is 1. The molecule has 0 saturated heterocycles. The van der Waals surface area contributed by atoms with E-state index in [0.717, 1.165) is 37.7 Å². The molecule has 0 aliphatic carbocycles. The van der Waals surface area contributed by atoms with Gasteiger partial charge in [0.15, 0.2) is 0 Å². The van der Waals surface area contributed by atoms with Gasteiger partial charge in [-0.2, -0.15) is 0 Å². The number of allylic oxidation sites excluding steroid dienone is 2. The highest BCUT2D eigenvalue weighted by molar-refractivity contribution is 5.89. The van der Waals surface area contributed by atoms with Crippen molar-refractivity contribution in [2.75, 3.05) is 0 Å². The number of rotatable bonds is 13. The van der Waals surface area contributed by atoms with E-state index in [2.05, 4.69) is 19.1 Å². The Hall–Kier alpha value is -1.61. The Balaban J connectivity index is 2.73. The molecule has 3 heteroatoms. The van der Waals surface area contributed by atoms with Crippen LogP contribution < -0.4 is 0 Å². The third-order valence-corrected chi connectivity index (χ3v) is 4.57. The zero-order valence-electron chi connectivity index (χ0n) is 15.8. The summed E-state index contributed by atoms with van der Waals surface area (Å²) in [6.45, 7) is 4.02. The standard InChI is InChI=1S/C22H34O3/c1-3-4-5-6-9-14-19(15-10-7-8-13-18(2)23)20-16-11-12-17-21(20)22(24)25/h10-12,15-19,23H,3-9,13-14H2,1-2H3,(H,24,25)/b15-10+/t18-,19-/m1/s1. The van der Waals surface area contributed by atoms with Gasteiger partial charge in [-0.3, -0.25) is 0 Å². The molecule has 1 rings (SSSR count). The van der Waals surface area contributed by atoms with E-state index in [4.69, 9.17) is 0 Å². The van der Waals surface area contributed by atoms with E-state index in [1.54, 1.807) is 12.1 Å². The molecule has 0 heterocycles. The molecule has 0 saturated carbocycles. The summed E-state index contributed by atoms with van der Waals surface area (Å²) in [4.78, 5) is 11.5. The maximum absolute atomic E-state index is 11.5. The van der Waals surface area contributed by atoms with E-state index in [9.17, 15) is 15.0 Å². The van der Waals surface area contributed by atoms with Gasteiger partial charge in [0.2, 0.25) is 0 Å². The van der Waals surface area contributed by atoms with Gasteiger partial charge < -0.3 is 10.2 Å². The van der Waals surface area contributed by atoms with Crippen molar-refractivity contribution in [3.05, 3.63) is 47.5 Å². The summed E-state index contributed by atoms with van der Waals surface area (Å²) < 4.78 is 0. The number of aromatic carboxylic acids is 1. The van der Waals surface area contributed by atoms with Crippen molar-refractivity contribution in [1.82, 2.24) is 0 Å². The predicted octanol–water partition coefficient (Wildman–Crippen LogP) is 5.94. The van der Waals surface area contributed by atoms with Crippen LogP contribution in [0.2, 0.25) is 0 Å². The van der Waals surface area contributed by atoms with Crippen LogP contribution in [-0.4, -0.2) is 22.3 Å². The zero-order chi connectivity index (χ0) is 18.5. The molecule has 0 fully saturated rings. The van der Waals surface area contributed by atoms with Crippen LogP contribution >= 0.6 is 0 Å². The van der Waals surface area contributed by atoms with Crippen LogP contribution in [0.15, 0.2) is 36.4 Å². The number of benzene rings is 1. The first-order valence-corrected chi connectivity index (χ1v) is 9.73. The molecule has 2 N–H and O–H groups in total. The van der Waals surface area contributed by atoms with E-state index in [1.165, 1.54) is 25.7 Å². The molecule has 2 atom stereocenters. The lowest BCUT2D eigenvalue weighted by Crippen LogP contribution is -2.06. The van der Waals surface area contributed by atoms with Crippen molar-refractivity contribution in [3.8, 4) is 0 Å². The van der Waals surface area contributed by atoms with Gasteiger partial charge in [-0.15, -0.1) is 0 Å². The SMILES string of the molecule is CCCCCCC[C@H](/C=C/CCC[C@@H](C)O)c1ccccc1C(=O)O. The number of unbranched alkanes of at least 4 members (excludes halogenated alkanes) is 5. The Morgan fingerprint density at radius 1 is 1.08 bits per heavy atom. The Morgan fingerprint density at radius 2 is 1.80 bits per heavy atom. The van der Waals surface area contributed by atoms with Crippen molar-refractivity contribution in [1.29, 1.82) is 0 Å². The minimum atomic E-state index is -0.853. The number of aliphatic hydroxyl groups excluding tert-OH is 1. The first kappa shape index (κ1) is 21.4. The first-order chi connectivity index (χ1) is 12.1. The van der Waals surface area contributed by atoms with Gasteiger partial charge in [-0.05, 0) is 44.2 Å². The van der Waals surface area contributed by atoms with Crippen LogP contribution in [-0.2, 0) is 0 Å². The second-order valence-electron chi connectivity index (χ2n) is 6.91. The van der Waals surface area contributed by atoms with Crippen molar-refractivity contribution >= 4 is 5.97 Å². The van der Waals surface area contributed by atoms with Crippen LogP contribution in [0.3, 0.4) is 0 Å². The Morgan fingerprint density at radius 3 is 2.48 bits per heavy atom. The van der Waals surface area contributed by atoms with Gasteiger partial charge in [0.05, 0.1) is 11.7 Å². The average Bonchev–Trinajstić information content (AvgIpc) is 2.59. The number of hydrogen-bond acceptors (Lipinski definition) is 2. The Bertz CT molecular complexity index is 520. The molecule has 140 valence electrons. The summed E-state index contributed by atoms with van der Waals surface area (Å²) >= 11 is 0. The fraction of sp³-hybridized carbons (Fsp3) is 0.591. The smallest absolute Gasteiger partial charge is 0.335 e. The highest BCUT2D eigenvalue weighted by Crippen LogP contribution is 2.28. The molecule has 0 radical (unpaired) electrons. The van der Waals surface area contributed by atoms with Crippen molar-refractivity contribution in [3.63, 3.8) is 0 Å². The molecule has 0 amide bonds. The fourth-order valence-electron chi connectivity index (χ4n) is 3.13. The van der Waals surface area contributed by atoms with Crippen LogP contribution in [0.4, 0.5) is 0 Å². The highest BCUT2D eigenvalue weighted by Gasteiger charge is 2.16. The first-order valence-electron chi connectivity index (χ1n) is 9.73. The summed E-state index contributed by atoms with van der Waals surface area (Å²) in [5, 5.41) is 18.8. The summed E-state index contributed by atoms with van der Waals surface area (Å²) in [5.41, 5.74) is 1.33. The maximum Gasteiger partial charge on any atom is 0.335 e. The molecule has 0 unspecified atom stereocenters. The second-order valence-corrected chi connectivity index (χ2v) is 6.91. The molecule has 0 spiro atoms. The van der Waals surface area contributed by atoms with E-state index in [1.807, 2.05) is 19.1 Å². The molecule has 1 aromatic carbocycles. The van der Waals surface area contributed by atoms with Gasteiger partial charge in [0.25, 0.3) is 0 Å². The largest absolute Gasteiger partial charge is 0.478 e. The summed E-state index contributed by atoms with van der Waals surface area (Å²) in [5.74, 6) is -0.699. The van der Waals surface area contributed by atoms with Gasteiger partial charge in [0.1, 0.15) is 0 Å². The van der Waals surface area contributed by atoms with Crippen molar-refractivity contribution < 1.29 is 15.0 Å². The minimum absolute atomic E-state index is 0.153. The summed E-state index contributed by atoms with van der Waals surface area (Å²) in [6.07, 6.45) is 13.8. The molecule has 25 heavy (non-hydrogen) atoms. The predicted molar refractivity (Wildman–Crippen MR) is 104 cm³/mol. The van der Waals surface area contributed by atoms with E-state index < -0.39 is 5.97 Å². The average molecular weight is 347 g/mol. The number of hydrogen-bond donors (Lipinski definition) is 2. The molecule has 0 bridgehead atoms. The van der Waals surface area contributed by atoms with Gasteiger partial charge in [0, 0.05) is 5.92 Å². The van der Waals surface area contributed by atoms with Crippen LogP contribution in [0.25, 0.3) is 0 Å². The summed E-state index contributed by atoms with van der Waals surface area (Å²) in [7, 11) is 0. The van der Waals surface area contributed by atoms with E-state index in [0.29, 0.717) is 5.56 Å². The van der Waals surface area contributed by atoms with Crippen LogP contribution in [0.5, 0.6) is 0 Å². The number of carboxylic acids is 1. The number of aliphatic hydroxyl groups is 1. The fourth-order valence-corrected chi connectivity index (χ4v) is 3.13. The minimum Gasteiger partial charge on any atom is -0.478 e. The molecule has 3 nitrogen and oxygen atoms in total. The number of carboxylic acid groups (broad SMARTS) is 1. The lowest BCUT2D eigenvalue weighted by atomic mass is 9.89. The molecule has 1 aromatic rings. The van der Waals surface area contributed by atoms with Gasteiger partial charge in [-0.1, -0.05) is 69.4 Å². The van der Waals surface area contributed by atoms with Crippen LogP contribution in [0, 0.1) is 0 Å². The Kier molecular flexibility index (Phi) is 10.9. The highest BCUT2D eigenvalue weighted by atomic mass is 16.4. The monoisotopic (exact) mass is 346 g/mol. The summed E-state index contributed by atoms with van der Waals surface area (Å²) in [6, 6.07) is 7.36. The maximum atomic E-state index is 11.5. The third kappa shape index (κ3) is 8.87.